The zero-order chi connectivity index (χ0) is 23.0. The molecule has 0 spiro atoms. The molecular weight excluding hydrogens is 440 g/mol. The molecule has 1 amide bonds. The molecule has 0 saturated heterocycles. The third kappa shape index (κ3) is 5.89. The molecule has 0 saturated carbocycles. The molecule has 0 bridgehead atoms. The second kappa shape index (κ2) is 10.3. The molecule has 10 heteroatoms. The lowest BCUT2D eigenvalue weighted by molar-refractivity contribution is -0.119. The van der Waals surface area contributed by atoms with E-state index in [1.807, 2.05) is 30.3 Å². The quantitative estimate of drug-likeness (QED) is 0.303. The molecule has 164 valence electrons. The first kappa shape index (κ1) is 21.9. The highest BCUT2D eigenvalue weighted by atomic mass is 32.1. The molecule has 1 N–H and O–H groups in total. The third-order valence-corrected chi connectivity index (χ3v) is 5.40. The average Bonchev–Trinajstić information content (AvgIpc) is 3.25. The van der Waals surface area contributed by atoms with E-state index in [4.69, 9.17) is 4.74 Å². The lowest BCUT2D eigenvalue weighted by Crippen LogP contribution is -2.20. The van der Waals surface area contributed by atoms with Gasteiger partial charge in [-0.05, 0) is 49.4 Å². The van der Waals surface area contributed by atoms with E-state index >= 15 is 0 Å². The summed E-state index contributed by atoms with van der Waals surface area (Å²) in [5, 5.41) is 11.5. The molecule has 33 heavy (non-hydrogen) atoms. The van der Waals surface area contributed by atoms with Crippen LogP contribution in [-0.2, 0) is 9.53 Å². The fraction of sp³-hybridized carbons (Fsp3) is 0.0870. The van der Waals surface area contributed by atoms with Gasteiger partial charge in [0.1, 0.15) is 4.88 Å². The number of hydrogen-bond acceptors (Lipinski definition) is 9. The number of aryl methyl sites for hydroxylation is 1. The number of esters is 1. The van der Waals surface area contributed by atoms with Gasteiger partial charge < -0.3 is 10.1 Å². The van der Waals surface area contributed by atoms with Crippen molar-refractivity contribution in [3.05, 3.63) is 83.6 Å². The zero-order valence-corrected chi connectivity index (χ0v) is 18.3. The monoisotopic (exact) mass is 458 g/mol. The van der Waals surface area contributed by atoms with Crippen molar-refractivity contribution in [2.75, 3.05) is 11.9 Å². The molecule has 4 rings (SSSR count). The number of nitrogens with one attached hydrogen (secondary N) is 1. The first-order chi connectivity index (χ1) is 16.1. The number of rotatable bonds is 7. The van der Waals surface area contributed by atoms with Crippen molar-refractivity contribution in [3.8, 4) is 10.8 Å². The highest BCUT2D eigenvalue weighted by Crippen LogP contribution is 2.26. The van der Waals surface area contributed by atoms with Crippen molar-refractivity contribution < 1.29 is 14.3 Å². The predicted molar refractivity (Wildman–Crippen MR) is 124 cm³/mol. The van der Waals surface area contributed by atoms with Crippen molar-refractivity contribution in [1.29, 1.82) is 0 Å². The van der Waals surface area contributed by atoms with Crippen LogP contribution in [0, 0.1) is 6.92 Å². The number of carbonyl (C=O) groups is 2. The number of azo groups is 1. The molecule has 4 aromatic rings. The first-order valence-corrected chi connectivity index (χ1v) is 10.7. The first-order valence-electron chi connectivity index (χ1n) is 9.87. The van der Waals surface area contributed by atoms with Gasteiger partial charge in [0, 0.05) is 18.1 Å². The van der Waals surface area contributed by atoms with Crippen LogP contribution in [0.1, 0.15) is 15.4 Å². The third-order valence-electron chi connectivity index (χ3n) is 4.26. The molecule has 0 atom stereocenters. The van der Waals surface area contributed by atoms with Crippen molar-refractivity contribution in [3.63, 3.8) is 0 Å². The molecule has 0 unspecified atom stereocenters. The molecule has 0 aliphatic rings. The van der Waals surface area contributed by atoms with Crippen LogP contribution < -0.4 is 5.32 Å². The molecule has 2 aromatic carbocycles. The summed E-state index contributed by atoms with van der Waals surface area (Å²) in [5.41, 5.74) is 2.43. The Labute approximate surface area is 193 Å². The number of carbonyl (C=O) groups excluding carboxylic acids is 2. The van der Waals surface area contributed by atoms with Gasteiger partial charge in [-0.15, -0.1) is 11.3 Å². The number of ether oxygens (including phenoxy) is 1. The Hall–Kier alpha value is -4.31. The van der Waals surface area contributed by atoms with Crippen LogP contribution in [0.4, 0.5) is 17.1 Å². The summed E-state index contributed by atoms with van der Waals surface area (Å²) in [5.74, 6) is -0.663. The van der Waals surface area contributed by atoms with E-state index in [-0.39, 0.29) is 0 Å². The Morgan fingerprint density at radius 1 is 0.939 bits per heavy atom. The van der Waals surface area contributed by atoms with Crippen LogP contribution in [0.15, 0.2) is 83.3 Å². The maximum absolute atomic E-state index is 12.4. The summed E-state index contributed by atoms with van der Waals surface area (Å²) >= 11 is 1.12. The van der Waals surface area contributed by atoms with E-state index in [0.29, 0.717) is 32.8 Å². The van der Waals surface area contributed by atoms with Crippen LogP contribution in [0.3, 0.4) is 0 Å². The number of thiazole rings is 1. The fourth-order valence-electron chi connectivity index (χ4n) is 2.71. The minimum atomic E-state index is -0.626. The molecule has 2 aromatic heterocycles. The largest absolute Gasteiger partial charge is 0.451 e. The fourth-order valence-corrected chi connectivity index (χ4v) is 3.61. The maximum atomic E-state index is 12.4. The van der Waals surface area contributed by atoms with Crippen LogP contribution in [-0.4, -0.2) is 33.4 Å². The van der Waals surface area contributed by atoms with Crippen LogP contribution in [0.25, 0.3) is 10.8 Å². The van der Waals surface area contributed by atoms with Gasteiger partial charge >= 0.3 is 5.97 Å². The van der Waals surface area contributed by atoms with Gasteiger partial charge in [-0.1, -0.05) is 18.2 Å². The predicted octanol–water partition coefficient (Wildman–Crippen LogP) is 5.12. The highest BCUT2D eigenvalue weighted by Gasteiger charge is 2.19. The molecule has 0 aliphatic heterocycles. The van der Waals surface area contributed by atoms with Gasteiger partial charge in [-0.2, -0.15) is 10.2 Å². The number of aromatic nitrogens is 3. The lowest BCUT2D eigenvalue weighted by Gasteiger charge is -2.06. The van der Waals surface area contributed by atoms with Crippen molar-refractivity contribution in [1.82, 2.24) is 15.0 Å². The second-order valence-corrected chi connectivity index (χ2v) is 7.71. The molecule has 0 aliphatic carbocycles. The highest BCUT2D eigenvalue weighted by molar-refractivity contribution is 7.16. The van der Waals surface area contributed by atoms with Gasteiger partial charge in [0.2, 0.25) is 0 Å². The van der Waals surface area contributed by atoms with Crippen molar-refractivity contribution >= 4 is 40.3 Å². The Morgan fingerprint density at radius 3 is 2.30 bits per heavy atom. The summed E-state index contributed by atoms with van der Waals surface area (Å²) in [6.07, 6.45) is 3.19. The smallest absolute Gasteiger partial charge is 0.350 e. The van der Waals surface area contributed by atoms with Crippen molar-refractivity contribution in [2.24, 2.45) is 10.2 Å². The SMILES string of the molecule is Cc1nc(-c2ncccn2)sc1C(=O)OCC(=O)Nc1ccc(N=Nc2ccccc2)cc1. The number of hydrogen-bond donors (Lipinski definition) is 1. The van der Waals surface area contributed by atoms with Crippen molar-refractivity contribution in [2.45, 2.75) is 6.92 Å². The standard InChI is InChI=1S/C23H18N6O3S/c1-15-20(33-22(26-15)21-24-12-5-13-25-21)23(31)32-14-19(30)27-16-8-10-18(11-9-16)29-28-17-6-3-2-4-7-17/h2-13H,14H2,1H3,(H,27,30). The molecule has 9 nitrogen and oxygen atoms in total. The summed E-state index contributed by atoms with van der Waals surface area (Å²) in [4.78, 5) is 37.5. The summed E-state index contributed by atoms with van der Waals surface area (Å²) in [6.45, 7) is 1.26. The van der Waals surface area contributed by atoms with Crippen LogP contribution >= 0.6 is 11.3 Å². The van der Waals surface area contributed by atoms with Gasteiger partial charge in [0.05, 0.1) is 17.1 Å². The van der Waals surface area contributed by atoms with E-state index in [2.05, 4.69) is 30.5 Å². The van der Waals surface area contributed by atoms with E-state index in [9.17, 15) is 9.59 Å². The number of amides is 1. The lowest BCUT2D eigenvalue weighted by atomic mass is 10.3. The molecular formula is C23H18N6O3S. The Balaban J connectivity index is 1.30. The Bertz CT molecular complexity index is 1270. The minimum Gasteiger partial charge on any atom is -0.451 e. The van der Waals surface area contributed by atoms with Gasteiger partial charge in [-0.3, -0.25) is 4.79 Å². The van der Waals surface area contributed by atoms with Gasteiger partial charge in [-0.25, -0.2) is 19.7 Å². The van der Waals surface area contributed by atoms with Gasteiger partial charge in [0.25, 0.3) is 5.91 Å². The zero-order valence-electron chi connectivity index (χ0n) is 17.5. The normalized spacial score (nSPS) is 10.8. The van der Waals surface area contributed by atoms with E-state index in [1.165, 1.54) is 0 Å². The number of anilines is 1. The topological polar surface area (TPSA) is 119 Å². The van der Waals surface area contributed by atoms with E-state index < -0.39 is 18.5 Å². The molecule has 0 fully saturated rings. The number of nitrogens with zero attached hydrogens (tertiary/aromatic N) is 5. The summed E-state index contributed by atoms with van der Waals surface area (Å²) in [6, 6.07) is 17.9. The summed E-state index contributed by atoms with van der Waals surface area (Å²) < 4.78 is 5.15. The average molecular weight is 459 g/mol. The Kier molecular flexibility index (Phi) is 6.86. The van der Waals surface area contributed by atoms with Crippen LogP contribution in [0.2, 0.25) is 0 Å². The molecule has 0 radical (unpaired) electrons. The molecule has 2 heterocycles. The summed E-state index contributed by atoms with van der Waals surface area (Å²) in [7, 11) is 0. The Morgan fingerprint density at radius 2 is 1.61 bits per heavy atom. The number of benzene rings is 2. The van der Waals surface area contributed by atoms with E-state index in [0.717, 1.165) is 17.0 Å². The maximum Gasteiger partial charge on any atom is 0.350 e. The van der Waals surface area contributed by atoms with Crippen LogP contribution in [0.5, 0.6) is 0 Å². The minimum absolute atomic E-state index is 0.304. The van der Waals surface area contributed by atoms with E-state index in [1.54, 1.807) is 49.6 Å². The second-order valence-electron chi connectivity index (χ2n) is 6.71. The van der Waals surface area contributed by atoms with Gasteiger partial charge in [0.15, 0.2) is 17.4 Å².